The highest BCUT2D eigenvalue weighted by atomic mass is 79.9. The van der Waals surface area contributed by atoms with Gasteiger partial charge in [-0.3, -0.25) is 4.98 Å². The van der Waals surface area contributed by atoms with Crippen LogP contribution in [0.1, 0.15) is 5.69 Å². The van der Waals surface area contributed by atoms with E-state index in [9.17, 15) is 0 Å². The van der Waals surface area contributed by atoms with Crippen LogP contribution in [0, 0.1) is 0 Å². The van der Waals surface area contributed by atoms with Crippen molar-refractivity contribution in [2.24, 2.45) is 5.73 Å². The van der Waals surface area contributed by atoms with Crippen molar-refractivity contribution < 1.29 is 4.74 Å². The van der Waals surface area contributed by atoms with Gasteiger partial charge in [-0.05, 0) is 24.3 Å². The van der Waals surface area contributed by atoms with Crippen molar-refractivity contribution in [3.63, 3.8) is 0 Å². The molecule has 86 valence electrons. The monoisotopic (exact) mass is 309 g/mol. The minimum absolute atomic E-state index is 0.193. The molecule has 2 aromatic rings. The highest BCUT2D eigenvalue weighted by Crippen LogP contribution is 2.21. The number of nitrogens with zero attached hydrogens (tertiary/aromatic N) is 2. The van der Waals surface area contributed by atoms with E-state index in [1.165, 1.54) is 12.4 Å². The third kappa shape index (κ3) is 3.21. The van der Waals surface area contributed by atoms with E-state index >= 15 is 0 Å². The Kier molecular flexibility index (Phi) is 3.65. The van der Waals surface area contributed by atoms with E-state index in [2.05, 4.69) is 25.9 Å². The van der Waals surface area contributed by atoms with Crippen LogP contribution in [0.2, 0.25) is 0 Å². The summed E-state index contributed by atoms with van der Waals surface area (Å²) in [6, 6.07) is 7.39. The number of aromatic nitrogens is 2. The molecule has 0 spiro atoms. The predicted octanol–water partition coefficient (Wildman–Crippen LogP) is 2.67. The van der Waals surface area contributed by atoms with Crippen molar-refractivity contribution in [1.29, 1.82) is 0 Å². The zero-order chi connectivity index (χ0) is 12.3. The van der Waals surface area contributed by atoms with Crippen molar-refractivity contribution in [3.8, 4) is 11.6 Å². The van der Waals surface area contributed by atoms with Gasteiger partial charge in [0.05, 0.1) is 12.4 Å². The van der Waals surface area contributed by atoms with Gasteiger partial charge in [0, 0.05) is 4.47 Å². The molecular weight excluding hydrogens is 302 g/mol. The van der Waals surface area contributed by atoms with Gasteiger partial charge < -0.3 is 10.5 Å². The normalized spacial score (nSPS) is 9.94. The van der Waals surface area contributed by atoms with Crippen LogP contribution in [0.4, 0.5) is 0 Å². The molecule has 2 N–H and O–H groups in total. The Hall–Kier alpha value is -1.53. The summed E-state index contributed by atoms with van der Waals surface area (Å²) in [6.07, 6.45) is 3.00. The molecule has 1 aromatic carbocycles. The number of thiocarbonyl (C=S) groups is 1. The molecule has 17 heavy (non-hydrogen) atoms. The smallest absolute Gasteiger partial charge is 0.238 e. The van der Waals surface area contributed by atoms with Crippen LogP contribution in [0.15, 0.2) is 41.1 Å². The molecule has 1 heterocycles. The summed E-state index contributed by atoms with van der Waals surface area (Å²) in [6.45, 7) is 0. The highest BCUT2D eigenvalue weighted by Gasteiger charge is 2.03. The van der Waals surface area contributed by atoms with E-state index in [0.29, 0.717) is 17.3 Å². The lowest BCUT2D eigenvalue weighted by Crippen LogP contribution is -2.12. The molecular formula is C11H8BrN3OS. The van der Waals surface area contributed by atoms with E-state index in [1.807, 2.05) is 24.3 Å². The van der Waals surface area contributed by atoms with Gasteiger partial charge in [-0.1, -0.05) is 28.1 Å². The van der Waals surface area contributed by atoms with Crippen LogP contribution in [-0.4, -0.2) is 15.0 Å². The van der Waals surface area contributed by atoms with Gasteiger partial charge in [0.25, 0.3) is 0 Å². The second-order valence-electron chi connectivity index (χ2n) is 3.16. The molecule has 0 fully saturated rings. The lowest BCUT2D eigenvalue weighted by atomic mass is 10.3. The van der Waals surface area contributed by atoms with Crippen molar-refractivity contribution in [3.05, 3.63) is 46.8 Å². The second kappa shape index (κ2) is 5.20. The fourth-order valence-corrected chi connectivity index (χ4v) is 1.50. The quantitative estimate of drug-likeness (QED) is 0.883. The Bertz CT molecular complexity index is 545. The third-order valence-electron chi connectivity index (χ3n) is 1.90. The van der Waals surface area contributed by atoms with Crippen LogP contribution < -0.4 is 10.5 Å². The zero-order valence-electron chi connectivity index (χ0n) is 8.63. The summed E-state index contributed by atoms with van der Waals surface area (Å²) in [5.41, 5.74) is 5.90. The molecule has 0 aliphatic carbocycles. The van der Waals surface area contributed by atoms with Gasteiger partial charge in [0.15, 0.2) is 0 Å². The first kappa shape index (κ1) is 11.9. The molecule has 0 saturated carbocycles. The molecule has 6 heteroatoms. The first-order chi connectivity index (χ1) is 8.15. The van der Waals surface area contributed by atoms with Gasteiger partial charge in [0.1, 0.15) is 16.4 Å². The van der Waals surface area contributed by atoms with Crippen molar-refractivity contribution in [2.75, 3.05) is 0 Å². The first-order valence-corrected chi connectivity index (χ1v) is 5.90. The Morgan fingerprint density at radius 2 is 1.94 bits per heavy atom. The van der Waals surface area contributed by atoms with Crippen LogP contribution >= 0.6 is 28.1 Å². The molecule has 0 bridgehead atoms. The number of rotatable bonds is 3. The molecule has 0 radical (unpaired) electrons. The zero-order valence-corrected chi connectivity index (χ0v) is 11.0. The largest absolute Gasteiger partial charge is 0.437 e. The number of hydrogen-bond donors (Lipinski definition) is 1. The fourth-order valence-electron chi connectivity index (χ4n) is 1.14. The van der Waals surface area contributed by atoms with Crippen LogP contribution in [0.5, 0.6) is 11.6 Å². The molecule has 0 saturated heterocycles. The lowest BCUT2D eigenvalue weighted by molar-refractivity contribution is 0.459. The molecule has 4 nitrogen and oxygen atoms in total. The van der Waals surface area contributed by atoms with Gasteiger partial charge in [0.2, 0.25) is 5.88 Å². The summed E-state index contributed by atoms with van der Waals surface area (Å²) >= 11 is 8.16. The highest BCUT2D eigenvalue weighted by molar-refractivity contribution is 9.10. The molecule has 0 aliphatic rings. The van der Waals surface area contributed by atoms with E-state index in [4.69, 9.17) is 22.7 Å². The number of nitrogens with two attached hydrogens (primary N) is 1. The summed E-state index contributed by atoms with van der Waals surface area (Å²) in [5, 5.41) is 0. The number of benzene rings is 1. The Labute approximate surface area is 112 Å². The van der Waals surface area contributed by atoms with Crippen molar-refractivity contribution in [1.82, 2.24) is 9.97 Å². The molecule has 0 atom stereocenters. The standard InChI is InChI=1S/C11H8BrN3OS/c12-7-1-3-8(4-2-7)16-10-6-14-5-9(15-10)11(13)17/h1-6H,(H2,13,17). The van der Waals surface area contributed by atoms with Gasteiger partial charge in [-0.15, -0.1) is 0 Å². The Morgan fingerprint density at radius 1 is 1.24 bits per heavy atom. The molecule has 2 rings (SSSR count). The van der Waals surface area contributed by atoms with Crippen LogP contribution in [-0.2, 0) is 0 Å². The first-order valence-electron chi connectivity index (χ1n) is 4.70. The summed E-state index contributed by atoms with van der Waals surface area (Å²) in [5.74, 6) is 1.03. The predicted molar refractivity (Wildman–Crippen MR) is 72.1 cm³/mol. The SMILES string of the molecule is NC(=S)c1cncc(Oc2ccc(Br)cc2)n1. The third-order valence-corrected chi connectivity index (χ3v) is 2.64. The van der Waals surface area contributed by atoms with Gasteiger partial charge in [-0.2, -0.15) is 0 Å². The van der Waals surface area contributed by atoms with Crippen molar-refractivity contribution >= 4 is 33.1 Å². The van der Waals surface area contributed by atoms with Gasteiger partial charge >= 0.3 is 0 Å². The van der Waals surface area contributed by atoms with E-state index in [0.717, 1.165) is 4.47 Å². The number of ether oxygens (including phenoxy) is 1. The maximum absolute atomic E-state index is 5.51. The van der Waals surface area contributed by atoms with E-state index in [1.54, 1.807) is 0 Å². The summed E-state index contributed by atoms with van der Waals surface area (Å²) in [7, 11) is 0. The van der Waals surface area contributed by atoms with E-state index in [-0.39, 0.29) is 4.99 Å². The summed E-state index contributed by atoms with van der Waals surface area (Å²) in [4.78, 5) is 8.28. The lowest BCUT2D eigenvalue weighted by Gasteiger charge is -2.05. The maximum Gasteiger partial charge on any atom is 0.238 e. The molecule has 0 unspecified atom stereocenters. The molecule has 1 aromatic heterocycles. The Balaban J connectivity index is 2.21. The minimum atomic E-state index is 0.193. The number of halogens is 1. The molecule has 0 aliphatic heterocycles. The minimum Gasteiger partial charge on any atom is -0.437 e. The topological polar surface area (TPSA) is 61.0 Å². The average molecular weight is 310 g/mol. The Morgan fingerprint density at radius 3 is 2.59 bits per heavy atom. The van der Waals surface area contributed by atoms with Crippen LogP contribution in [0.25, 0.3) is 0 Å². The number of hydrogen-bond acceptors (Lipinski definition) is 4. The second-order valence-corrected chi connectivity index (χ2v) is 4.52. The summed E-state index contributed by atoms with van der Waals surface area (Å²) < 4.78 is 6.49. The van der Waals surface area contributed by atoms with Crippen LogP contribution in [0.3, 0.4) is 0 Å². The van der Waals surface area contributed by atoms with Gasteiger partial charge in [-0.25, -0.2) is 4.98 Å². The fraction of sp³-hybridized carbons (Fsp3) is 0. The van der Waals surface area contributed by atoms with Crippen molar-refractivity contribution in [2.45, 2.75) is 0 Å². The van der Waals surface area contributed by atoms with E-state index < -0.39 is 0 Å². The average Bonchev–Trinajstić information content (AvgIpc) is 2.32. The molecule has 0 amide bonds. The maximum atomic E-state index is 5.51.